The van der Waals surface area contributed by atoms with Crippen LogP contribution in [0.1, 0.15) is 44.6 Å². The Labute approximate surface area is 165 Å². The summed E-state index contributed by atoms with van der Waals surface area (Å²) < 4.78 is 5.23. The molecule has 7 nitrogen and oxygen atoms in total. The van der Waals surface area contributed by atoms with Gasteiger partial charge >= 0.3 is 5.97 Å². The van der Waals surface area contributed by atoms with Gasteiger partial charge in [0.2, 0.25) is 11.8 Å². The second kappa shape index (κ2) is 8.73. The van der Waals surface area contributed by atoms with Gasteiger partial charge in [0.05, 0.1) is 5.92 Å². The molecule has 2 heterocycles. The highest BCUT2D eigenvalue weighted by Crippen LogP contribution is 2.28. The fourth-order valence-corrected chi connectivity index (χ4v) is 3.81. The Hall–Kier alpha value is -2.41. The van der Waals surface area contributed by atoms with E-state index in [1.54, 1.807) is 4.90 Å². The number of nitrogens with one attached hydrogen (secondary N) is 1. The number of hydrogen-bond acceptors (Lipinski definition) is 4. The van der Waals surface area contributed by atoms with E-state index < -0.39 is 17.4 Å². The predicted octanol–water partition coefficient (Wildman–Crippen LogP) is 2.13. The number of ether oxygens (including phenoxy) is 1. The zero-order valence-corrected chi connectivity index (χ0v) is 16.3. The Balaban J connectivity index is 1.64. The van der Waals surface area contributed by atoms with Gasteiger partial charge in [-0.3, -0.25) is 9.59 Å². The van der Waals surface area contributed by atoms with Crippen molar-refractivity contribution in [3.05, 3.63) is 29.8 Å². The summed E-state index contributed by atoms with van der Waals surface area (Å²) in [6.45, 7) is 3.02. The molecule has 1 unspecified atom stereocenters. The van der Waals surface area contributed by atoms with E-state index in [0.717, 1.165) is 24.9 Å². The Bertz CT molecular complexity index is 725. The summed E-state index contributed by atoms with van der Waals surface area (Å²) in [5.74, 6) is -2.09. The summed E-state index contributed by atoms with van der Waals surface area (Å²) >= 11 is 0. The number of aryl methyl sites for hydroxylation is 1. The van der Waals surface area contributed by atoms with Gasteiger partial charge in [0, 0.05) is 44.7 Å². The topological polar surface area (TPSA) is 95.9 Å². The first kappa shape index (κ1) is 20.3. The molecule has 2 amide bonds. The fraction of sp³-hybridized carbons (Fsp3) is 0.571. The number of amides is 2. The first-order valence-corrected chi connectivity index (χ1v) is 9.97. The Morgan fingerprint density at radius 3 is 2.54 bits per heavy atom. The van der Waals surface area contributed by atoms with Crippen molar-refractivity contribution in [2.24, 2.45) is 5.92 Å². The first-order chi connectivity index (χ1) is 13.4. The van der Waals surface area contributed by atoms with Crippen LogP contribution < -0.4 is 10.2 Å². The monoisotopic (exact) mass is 388 g/mol. The largest absolute Gasteiger partial charge is 0.480 e. The average molecular weight is 388 g/mol. The molecule has 1 aromatic rings. The number of hydrogen-bond donors (Lipinski definition) is 2. The van der Waals surface area contributed by atoms with Gasteiger partial charge in [-0.25, -0.2) is 4.79 Å². The SMILES string of the molecule is CCCCc1ccc(N2CC(C(=O)NC3(C(=O)O)CCOCC3)CC2=O)cc1. The van der Waals surface area contributed by atoms with Crippen LogP contribution in [-0.4, -0.2) is 48.2 Å². The predicted molar refractivity (Wildman–Crippen MR) is 104 cm³/mol. The number of carbonyl (C=O) groups excluding carboxylic acids is 2. The zero-order chi connectivity index (χ0) is 20.1. The number of benzene rings is 1. The van der Waals surface area contributed by atoms with Gasteiger partial charge in [-0.1, -0.05) is 25.5 Å². The molecule has 1 atom stereocenters. The van der Waals surface area contributed by atoms with Crippen LogP contribution in [0.15, 0.2) is 24.3 Å². The molecule has 0 bridgehead atoms. The second-order valence-corrected chi connectivity index (χ2v) is 7.66. The van der Waals surface area contributed by atoms with Gasteiger partial charge in [0.25, 0.3) is 0 Å². The minimum atomic E-state index is -1.30. The molecule has 0 aromatic heterocycles. The highest BCUT2D eigenvalue weighted by molar-refractivity contribution is 6.01. The molecule has 2 N–H and O–H groups in total. The molecule has 2 fully saturated rings. The minimum Gasteiger partial charge on any atom is -0.480 e. The van der Waals surface area contributed by atoms with Crippen LogP contribution in [0.4, 0.5) is 5.69 Å². The Morgan fingerprint density at radius 1 is 1.25 bits per heavy atom. The highest BCUT2D eigenvalue weighted by atomic mass is 16.5. The summed E-state index contributed by atoms with van der Waals surface area (Å²) in [5, 5.41) is 12.3. The van der Waals surface area contributed by atoms with Gasteiger partial charge in [-0.15, -0.1) is 0 Å². The van der Waals surface area contributed by atoms with Crippen molar-refractivity contribution in [3.63, 3.8) is 0 Å². The summed E-state index contributed by atoms with van der Waals surface area (Å²) in [4.78, 5) is 38.5. The fourth-order valence-electron chi connectivity index (χ4n) is 3.81. The average Bonchev–Trinajstić information content (AvgIpc) is 3.09. The molecule has 152 valence electrons. The second-order valence-electron chi connectivity index (χ2n) is 7.66. The third kappa shape index (κ3) is 4.35. The lowest BCUT2D eigenvalue weighted by Crippen LogP contribution is -2.58. The number of nitrogens with zero attached hydrogens (tertiary/aromatic N) is 1. The highest BCUT2D eigenvalue weighted by Gasteiger charge is 2.44. The molecule has 2 saturated heterocycles. The van der Waals surface area contributed by atoms with E-state index in [4.69, 9.17) is 4.74 Å². The molecule has 0 radical (unpaired) electrons. The summed E-state index contributed by atoms with van der Waals surface area (Å²) in [6.07, 6.45) is 3.83. The summed E-state index contributed by atoms with van der Waals surface area (Å²) in [7, 11) is 0. The van der Waals surface area contributed by atoms with E-state index in [9.17, 15) is 19.5 Å². The van der Waals surface area contributed by atoms with Crippen LogP contribution in [0.3, 0.4) is 0 Å². The van der Waals surface area contributed by atoms with Crippen molar-refractivity contribution in [2.45, 2.75) is 51.0 Å². The minimum absolute atomic E-state index is 0.0929. The molecular weight excluding hydrogens is 360 g/mol. The number of carbonyl (C=O) groups is 3. The molecule has 7 heteroatoms. The zero-order valence-electron chi connectivity index (χ0n) is 16.3. The van der Waals surface area contributed by atoms with E-state index in [1.807, 2.05) is 24.3 Å². The molecule has 3 rings (SSSR count). The first-order valence-electron chi connectivity index (χ1n) is 9.97. The molecule has 2 aliphatic rings. The normalized spacial score (nSPS) is 21.5. The third-order valence-electron chi connectivity index (χ3n) is 5.68. The standard InChI is InChI=1S/C21H28N2O5/c1-2-3-4-15-5-7-17(8-6-15)23-14-16(13-18(23)24)19(25)22-21(20(26)27)9-11-28-12-10-21/h5-8,16H,2-4,9-14H2,1H3,(H,22,25)(H,26,27). The quantitative estimate of drug-likeness (QED) is 0.746. The van der Waals surface area contributed by atoms with Crippen molar-refractivity contribution in [1.82, 2.24) is 5.32 Å². The maximum atomic E-state index is 12.7. The van der Waals surface area contributed by atoms with Crippen molar-refractivity contribution in [3.8, 4) is 0 Å². The summed E-state index contributed by atoms with van der Waals surface area (Å²) in [6, 6.07) is 7.88. The lowest BCUT2D eigenvalue weighted by Gasteiger charge is -2.34. The van der Waals surface area contributed by atoms with E-state index in [1.165, 1.54) is 5.56 Å². The molecule has 28 heavy (non-hydrogen) atoms. The van der Waals surface area contributed by atoms with E-state index in [-0.39, 0.29) is 37.6 Å². The number of rotatable bonds is 7. The van der Waals surface area contributed by atoms with Gasteiger partial charge < -0.3 is 20.1 Å². The molecule has 0 aliphatic carbocycles. The van der Waals surface area contributed by atoms with Gasteiger partial charge in [-0.2, -0.15) is 0 Å². The molecular formula is C21H28N2O5. The molecule has 0 spiro atoms. The summed E-state index contributed by atoms with van der Waals surface area (Å²) in [5.41, 5.74) is 0.709. The van der Waals surface area contributed by atoms with Crippen LogP contribution >= 0.6 is 0 Å². The van der Waals surface area contributed by atoms with Crippen LogP contribution in [0.5, 0.6) is 0 Å². The Morgan fingerprint density at radius 2 is 1.93 bits per heavy atom. The smallest absolute Gasteiger partial charge is 0.329 e. The lowest BCUT2D eigenvalue weighted by atomic mass is 9.89. The lowest BCUT2D eigenvalue weighted by molar-refractivity contribution is -0.152. The number of carboxylic acids is 1. The van der Waals surface area contributed by atoms with Crippen LogP contribution in [0.2, 0.25) is 0 Å². The Kier molecular flexibility index (Phi) is 6.34. The van der Waals surface area contributed by atoms with Crippen molar-refractivity contribution in [1.29, 1.82) is 0 Å². The van der Waals surface area contributed by atoms with Crippen LogP contribution in [-0.2, 0) is 25.5 Å². The van der Waals surface area contributed by atoms with E-state index >= 15 is 0 Å². The van der Waals surface area contributed by atoms with E-state index in [0.29, 0.717) is 13.2 Å². The molecule has 1 aromatic carbocycles. The van der Waals surface area contributed by atoms with Crippen molar-refractivity contribution in [2.75, 3.05) is 24.7 Å². The number of anilines is 1. The number of unbranched alkanes of at least 4 members (excludes halogenated alkanes) is 1. The van der Waals surface area contributed by atoms with Crippen molar-refractivity contribution >= 4 is 23.5 Å². The van der Waals surface area contributed by atoms with Crippen LogP contribution in [0, 0.1) is 5.92 Å². The third-order valence-corrected chi connectivity index (χ3v) is 5.68. The number of carboxylic acid groups (broad SMARTS) is 1. The number of aliphatic carboxylic acids is 1. The maximum absolute atomic E-state index is 12.7. The maximum Gasteiger partial charge on any atom is 0.329 e. The van der Waals surface area contributed by atoms with Gasteiger partial charge in [0.1, 0.15) is 5.54 Å². The van der Waals surface area contributed by atoms with E-state index in [2.05, 4.69) is 12.2 Å². The molecule has 0 saturated carbocycles. The van der Waals surface area contributed by atoms with Crippen LogP contribution in [0.25, 0.3) is 0 Å². The van der Waals surface area contributed by atoms with Crippen molar-refractivity contribution < 1.29 is 24.2 Å². The molecule has 2 aliphatic heterocycles. The van der Waals surface area contributed by atoms with Gasteiger partial charge in [0.15, 0.2) is 0 Å². The van der Waals surface area contributed by atoms with Gasteiger partial charge in [-0.05, 0) is 30.5 Å².